The van der Waals surface area contributed by atoms with E-state index in [1.165, 1.54) is 6.42 Å². The van der Waals surface area contributed by atoms with Crippen LogP contribution < -0.4 is 10.1 Å². The number of phenolic OH excluding ortho intramolecular Hbond substituents is 1. The lowest BCUT2D eigenvalue weighted by atomic mass is 10.1. The highest BCUT2D eigenvalue weighted by atomic mass is 16.5. The Balaban J connectivity index is 1.86. The van der Waals surface area contributed by atoms with E-state index >= 15 is 0 Å². The van der Waals surface area contributed by atoms with Gasteiger partial charge in [-0.1, -0.05) is 6.07 Å². The molecule has 1 aromatic rings. The van der Waals surface area contributed by atoms with Gasteiger partial charge in [-0.3, -0.25) is 0 Å². The van der Waals surface area contributed by atoms with Gasteiger partial charge in [-0.2, -0.15) is 0 Å². The van der Waals surface area contributed by atoms with Gasteiger partial charge in [0, 0.05) is 12.1 Å². The predicted molar refractivity (Wildman–Crippen MR) is 50.0 cm³/mol. The van der Waals surface area contributed by atoms with Crippen LogP contribution in [0, 0.1) is 0 Å². The minimum absolute atomic E-state index is 0.249. The third kappa shape index (κ3) is 2.12. The van der Waals surface area contributed by atoms with Crippen molar-refractivity contribution in [2.24, 2.45) is 0 Å². The minimum Gasteiger partial charge on any atom is -0.508 e. The van der Waals surface area contributed by atoms with Crippen molar-refractivity contribution in [3.05, 3.63) is 24.3 Å². The van der Waals surface area contributed by atoms with Crippen LogP contribution in [-0.4, -0.2) is 24.3 Å². The highest BCUT2D eigenvalue weighted by Crippen LogP contribution is 2.18. The first-order chi connectivity index (χ1) is 6.34. The summed E-state index contributed by atoms with van der Waals surface area (Å²) in [5, 5.41) is 12.4. The second-order valence-corrected chi connectivity index (χ2v) is 3.25. The fourth-order valence-electron chi connectivity index (χ4n) is 1.26. The van der Waals surface area contributed by atoms with Crippen LogP contribution in [0.15, 0.2) is 24.3 Å². The summed E-state index contributed by atoms with van der Waals surface area (Å²) in [6.45, 7) is 1.78. The molecular formula is C10H13NO2. The maximum absolute atomic E-state index is 9.15. The van der Waals surface area contributed by atoms with Crippen LogP contribution in [0.3, 0.4) is 0 Å². The van der Waals surface area contributed by atoms with E-state index in [-0.39, 0.29) is 5.75 Å². The second kappa shape index (κ2) is 3.66. The van der Waals surface area contributed by atoms with Crippen molar-refractivity contribution in [3.8, 4) is 11.5 Å². The number of hydrogen-bond acceptors (Lipinski definition) is 3. The average molecular weight is 179 g/mol. The van der Waals surface area contributed by atoms with Gasteiger partial charge in [0.05, 0.1) is 0 Å². The molecule has 0 amide bonds. The third-order valence-corrected chi connectivity index (χ3v) is 2.19. The summed E-state index contributed by atoms with van der Waals surface area (Å²) in [6.07, 6.45) is 1.18. The molecular weight excluding hydrogens is 166 g/mol. The predicted octanol–water partition coefficient (Wildman–Crippen LogP) is 1.13. The molecule has 1 unspecified atom stereocenters. The summed E-state index contributed by atoms with van der Waals surface area (Å²) in [5.74, 6) is 0.979. The molecule has 2 rings (SSSR count). The van der Waals surface area contributed by atoms with Gasteiger partial charge in [0.2, 0.25) is 0 Å². The molecule has 70 valence electrons. The molecule has 1 aromatic carbocycles. The number of nitrogens with one attached hydrogen (secondary N) is 1. The molecule has 1 aliphatic rings. The van der Waals surface area contributed by atoms with Crippen molar-refractivity contribution in [2.45, 2.75) is 12.5 Å². The largest absolute Gasteiger partial charge is 0.508 e. The zero-order chi connectivity index (χ0) is 9.10. The molecule has 3 heteroatoms. The Kier molecular flexibility index (Phi) is 2.36. The number of hydrogen-bond donors (Lipinski definition) is 2. The first-order valence-electron chi connectivity index (χ1n) is 4.50. The maximum atomic E-state index is 9.15. The Labute approximate surface area is 77.3 Å². The van der Waals surface area contributed by atoms with E-state index in [0.29, 0.717) is 12.6 Å². The van der Waals surface area contributed by atoms with Crippen molar-refractivity contribution in [1.29, 1.82) is 0 Å². The first-order valence-corrected chi connectivity index (χ1v) is 4.50. The molecule has 3 nitrogen and oxygen atoms in total. The normalized spacial score (nSPS) is 20.8. The van der Waals surface area contributed by atoms with Crippen LogP contribution in [-0.2, 0) is 0 Å². The van der Waals surface area contributed by atoms with Crippen molar-refractivity contribution in [3.63, 3.8) is 0 Å². The molecule has 1 aliphatic heterocycles. The monoisotopic (exact) mass is 179 g/mol. The first kappa shape index (κ1) is 8.38. The average Bonchev–Trinajstić information content (AvgIpc) is 2.01. The highest BCUT2D eigenvalue weighted by Gasteiger charge is 2.16. The SMILES string of the molecule is Oc1cccc(OCC2CCN2)c1. The third-order valence-electron chi connectivity index (χ3n) is 2.19. The summed E-state index contributed by atoms with van der Waals surface area (Å²) in [4.78, 5) is 0. The lowest BCUT2D eigenvalue weighted by Crippen LogP contribution is -2.46. The van der Waals surface area contributed by atoms with Gasteiger partial charge in [0.25, 0.3) is 0 Å². The van der Waals surface area contributed by atoms with Crippen molar-refractivity contribution in [1.82, 2.24) is 5.32 Å². The lowest BCUT2D eigenvalue weighted by molar-refractivity contribution is 0.217. The van der Waals surface area contributed by atoms with E-state index in [1.807, 2.05) is 6.07 Å². The summed E-state index contributed by atoms with van der Waals surface area (Å²) >= 11 is 0. The number of phenols is 1. The van der Waals surface area contributed by atoms with E-state index in [1.54, 1.807) is 18.2 Å². The Morgan fingerprint density at radius 1 is 1.54 bits per heavy atom. The summed E-state index contributed by atoms with van der Waals surface area (Å²) in [7, 11) is 0. The van der Waals surface area contributed by atoms with Gasteiger partial charge < -0.3 is 15.2 Å². The van der Waals surface area contributed by atoms with Gasteiger partial charge >= 0.3 is 0 Å². The molecule has 1 fully saturated rings. The highest BCUT2D eigenvalue weighted by molar-refractivity contribution is 5.31. The van der Waals surface area contributed by atoms with Crippen molar-refractivity contribution >= 4 is 0 Å². The standard InChI is InChI=1S/C10H13NO2/c12-9-2-1-3-10(6-9)13-7-8-4-5-11-8/h1-3,6,8,11-12H,4-5,7H2. The molecule has 0 saturated carbocycles. The van der Waals surface area contributed by atoms with Crippen LogP contribution in [0.2, 0.25) is 0 Å². The molecule has 13 heavy (non-hydrogen) atoms. The molecule has 1 saturated heterocycles. The molecule has 1 heterocycles. The van der Waals surface area contributed by atoms with Crippen LogP contribution in [0.1, 0.15) is 6.42 Å². The van der Waals surface area contributed by atoms with Gasteiger partial charge in [0.15, 0.2) is 0 Å². The topological polar surface area (TPSA) is 41.5 Å². The summed E-state index contributed by atoms with van der Waals surface area (Å²) in [6, 6.07) is 7.37. The number of rotatable bonds is 3. The van der Waals surface area contributed by atoms with E-state index in [9.17, 15) is 0 Å². The number of benzene rings is 1. The molecule has 0 radical (unpaired) electrons. The maximum Gasteiger partial charge on any atom is 0.123 e. The van der Waals surface area contributed by atoms with E-state index < -0.39 is 0 Å². The molecule has 0 aliphatic carbocycles. The molecule has 0 aromatic heterocycles. The molecule has 0 spiro atoms. The van der Waals surface area contributed by atoms with Crippen molar-refractivity contribution < 1.29 is 9.84 Å². The lowest BCUT2D eigenvalue weighted by Gasteiger charge is -2.27. The van der Waals surface area contributed by atoms with Gasteiger partial charge in [-0.15, -0.1) is 0 Å². The summed E-state index contributed by atoms with van der Waals surface area (Å²) < 4.78 is 5.47. The zero-order valence-corrected chi connectivity index (χ0v) is 7.36. The smallest absolute Gasteiger partial charge is 0.123 e. The Bertz CT molecular complexity index is 284. The number of ether oxygens (including phenoxy) is 1. The van der Waals surface area contributed by atoms with E-state index in [2.05, 4.69) is 5.32 Å². The quantitative estimate of drug-likeness (QED) is 0.731. The van der Waals surface area contributed by atoms with Gasteiger partial charge in [-0.25, -0.2) is 0 Å². The zero-order valence-electron chi connectivity index (χ0n) is 7.36. The van der Waals surface area contributed by atoms with Gasteiger partial charge in [-0.05, 0) is 25.1 Å². The van der Waals surface area contributed by atoms with Gasteiger partial charge in [0.1, 0.15) is 18.1 Å². The molecule has 2 N–H and O–H groups in total. The van der Waals surface area contributed by atoms with Crippen LogP contribution in [0.25, 0.3) is 0 Å². The van der Waals surface area contributed by atoms with Crippen LogP contribution in [0.5, 0.6) is 11.5 Å². The fourth-order valence-corrected chi connectivity index (χ4v) is 1.26. The van der Waals surface area contributed by atoms with Crippen molar-refractivity contribution in [2.75, 3.05) is 13.2 Å². The number of aromatic hydroxyl groups is 1. The van der Waals surface area contributed by atoms with Crippen LogP contribution in [0.4, 0.5) is 0 Å². The molecule has 0 bridgehead atoms. The van der Waals surface area contributed by atoms with E-state index in [0.717, 1.165) is 12.3 Å². The van der Waals surface area contributed by atoms with E-state index in [4.69, 9.17) is 9.84 Å². The second-order valence-electron chi connectivity index (χ2n) is 3.25. The Morgan fingerprint density at radius 2 is 2.38 bits per heavy atom. The Hall–Kier alpha value is -1.22. The minimum atomic E-state index is 0.249. The Morgan fingerprint density at radius 3 is 3.00 bits per heavy atom. The fraction of sp³-hybridized carbons (Fsp3) is 0.400. The van der Waals surface area contributed by atoms with Crippen LogP contribution >= 0.6 is 0 Å². The molecule has 1 atom stereocenters. The summed E-state index contributed by atoms with van der Waals surface area (Å²) in [5.41, 5.74) is 0.